The number of hydrogen-bond donors (Lipinski definition) is 2. The second-order valence-electron chi connectivity index (χ2n) is 10.9. The van der Waals surface area contributed by atoms with E-state index in [-0.39, 0.29) is 49.2 Å². The predicted molar refractivity (Wildman–Crippen MR) is 175 cm³/mol. The third-order valence-electron chi connectivity index (χ3n) is 7.77. The Balaban J connectivity index is 1.53. The van der Waals surface area contributed by atoms with Gasteiger partial charge in [0.25, 0.3) is 0 Å². The zero-order valence-corrected chi connectivity index (χ0v) is 25.4. The Kier molecular flexibility index (Phi) is 9.38. The molecule has 6 aromatic rings. The van der Waals surface area contributed by atoms with Gasteiger partial charge >= 0.3 is 5.97 Å². The Morgan fingerprint density at radius 2 is 1.33 bits per heavy atom. The number of esters is 1. The smallest absolute Gasteiger partial charge is 0.347 e. The molecule has 2 heterocycles. The molecular weight excluding hydrogens is 580 g/mol. The molecule has 6 rings (SSSR count). The van der Waals surface area contributed by atoms with Gasteiger partial charge in [-0.2, -0.15) is 0 Å². The van der Waals surface area contributed by atoms with Crippen LogP contribution >= 0.6 is 0 Å². The predicted octanol–water partition coefficient (Wildman–Crippen LogP) is 6.74. The number of ether oxygens (including phenoxy) is 3. The van der Waals surface area contributed by atoms with Crippen LogP contribution in [-0.4, -0.2) is 25.7 Å². The van der Waals surface area contributed by atoms with Crippen LogP contribution in [0.4, 0.5) is 0 Å². The van der Waals surface area contributed by atoms with Crippen molar-refractivity contribution in [2.45, 2.75) is 33.0 Å². The molecule has 0 spiro atoms. The minimum atomic E-state index is -0.704. The van der Waals surface area contributed by atoms with Crippen LogP contribution in [0.25, 0.3) is 22.2 Å². The number of aliphatic hydroxyl groups excluding tert-OH is 2. The summed E-state index contributed by atoms with van der Waals surface area (Å²) in [6.45, 7) is -0.524. The van der Waals surface area contributed by atoms with Gasteiger partial charge in [-0.3, -0.25) is 0 Å². The number of nitrogens with zero attached hydrogens (tertiary/aromatic N) is 2. The summed E-state index contributed by atoms with van der Waals surface area (Å²) in [5.41, 5.74) is 5.24. The van der Waals surface area contributed by atoms with Crippen LogP contribution in [0, 0.1) is 0 Å². The van der Waals surface area contributed by atoms with E-state index in [0.29, 0.717) is 16.8 Å². The second-order valence-corrected chi connectivity index (χ2v) is 10.9. The number of pyridine rings is 1. The SMILES string of the molecule is Cn1ccc2cc(-c3nc(OCc4ccccc4)c(C(=O)OCc4ccccc4)c(OCc4ccccc4)c3CO)c(CO)cc21. The number of carbonyl (C=O) groups excluding carboxylic acids is 1. The van der Waals surface area contributed by atoms with E-state index in [9.17, 15) is 15.0 Å². The maximum absolute atomic E-state index is 14.0. The van der Waals surface area contributed by atoms with Crippen molar-refractivity contribution in [3.05, 3.63) is 149 Å². The number of fused-ring (bicyclic) bond motifs is 1. The lowest BCUT2D eigenvalue weighted by molar-refractivity contribution is 0.0460. The second kappa shape index (κ2) is 14.1. The summed E-state index contributed by atoms with van der Waals surface area (Å²) in [4.78, 5) is 18.8. The monoisotopic (exact) mass is 614 g/mol. The fourth-order valence-electron chi connectivity index (χ4n) is 5.36. The largest absolute Gasteiger partial charge is 0.487 e. The summed E-state index contributed by atoms with van der Waals surface area (Å²) in [6.07, 6.45) is 1.94. The van der Waals surface area contributed by atoms with E-state index < -0.39 is 12.6 Å². The average molecular weight is 615 g/mol. The molecule has 0 saturated carbocycles. The van der Waals surface area contributed by atoms with E-state index in [1.165, 1.54) is 0 Å². The van der Waals surface area contributed by atoms with Gasteiger partial charge in [-0.15, -0.1) is 0 Å². The topological polar surface area (TPSA) is 103 Å². The summed E-state index contributed by atoms with van der Waals surface area (Å²) in [5.74, 6) is -0.603. The van der Waals surface area contributed by atoms with Crippen molar-refractivity contribution in [1.82, 2.24) is 9.55 Å². The van der Waals surface area contributed by atoms with E-state index in [4.69, 9.17) is 19.2 Å². The minimum Gasteiger partial charge on any atom is -0.487 e. The Labute approximate surface area is 267 Å². The van der Waals surface area contributed by atoms with Gasteiger partial charge in [-0.25, -0.2) is 9.78 Å². The summed E-state index contributed by atoms with van der Waals surface area (Å²) in [6, 6.07) is 34.2. The van der Waals surface area contributed by atoms with Gasteiger partial charge in [0.15, 0.2) is 5.56 Å². The fourth-order valence-corrected chi connectivity index (χ4v) is 5.36. The van der Waals surface area contributed by atoms with Crippen molar-refractivity contribution >= 4 is 16.9 Å². The van der Waals surface area contributed by atoms with Crippen molar-refractivity contribution in [2.75, 3.05) is 0 Å². The van der Waals surface area contributed by atoms with Gasteiger partial charge in [0.2, 0.25) is 5.88 Å². The fraction of sp³-hybridized carbons (Fsp3) is 0.158. The van der Waals surface area contributed by atoms with Crippen LogP contribution in [0.5, 0.6) is 11.6 Å². The van der Waals surface area contributed by atoms with Crippen molar-refractivity contribution < 1.29 is 29.2 Å². The molecule has 0 bridgehead atoms. The molecule has 8 heteroatoms. The maximum Gasteiger partial charge on any atom is 0.347 e. The first-order valence-electron chi connectivity index (χ1n) is 15.0. The molecule has 0 fully saturated rings. The van der Waals surface area contributed by atoms with Gasteiger partial charge in [-0.1, -0.05) is 91.0 Å². The van der Waals surface area contributed by atoms with Gasteiger partial charge in [0, 0.05) is 35.3 Å². The quantitative estimate of drug-likeness (QED) is 0.147. The molecule has 8 nitrogen and oxygen atoms in total. The molecule has 0 saturated heterocycles. The highest BCUT2D eigenvalue weighted by Crippen LogP contribution is 2.41. The summed E-state index contributed by atoms with van der Waals surface area (Å²) in [7, 11) is 1.93. The van der Waals surface area contributed by atoms with Crippen molar-refractivity contribution in [3.8, 4) is 22.9 Å². The van der Waals surface area contributed by atoms with E-state index in [0.717, 1.165) is 27.6 Å². The molecule has 0 aliphatic rings. The van der Waals surface area contributed by atoms with Crippen LogP contribution in [0.3, 0.4) is 0 Å². The normalized spacial score (nSPS) is 11.0. The maximum atomic E-state index is 14.0. The average Bonchev–Trinajstić information content (AvgIpc) is 3.47. The number of aliphatic hydroxyl groups is 2. The number of hydrogen-bond acceptors (Lipinski definition) is 7. The molecule has 2 aromatic heterocycles. The van der Waals surface area contributed by atoms with Crippen molar-refractivity contribution in [1.29, 1.82) is 0 Å². The minimum absolute atomic E-state index is 0.00535. The van der Waals surface area contributed by atoms with Crippen molar-refractivity contribution in [3.63, 3.8) is 0 Å². The molecule has 0 aliphatic heterocycles. The number of aryl methyl sites for hydroxylation is 1. The zero-order valence-electron chi connectivity index (χ0n) is 25.4. The van der Waals surface area contributed by atoms with Gasteiger partial charge in [0.05, 0.1) is 18.9 Å². The van der Waals surface area contributed by atoms with Gasteiger partial charge in [-0.05, 0) is 40.5 Å². The zero-order chi connectivity index (χ0) is 31.9. The standard InChI is InChI=1S/C38H34N2O6/c1-40-18-17-29-19-31(30(21-41)20-33(29)40)35-32(22-42)36(44-23-26-11-5-2-6-12-26)34(38(43)46-25-28-15-9-4-10-16-28)37(39-35)45-24-27-13-7-3-8-14-27/h2-20,41-42H,21-25H2,1H3. The molecule has 0 atom stereocenters. The third-order valence-corrected chi connectivity index (χ3v) is 7.77. The highest BCUT2D eigenvalue weighted by atomic mass is 16.5. The first-order valence-corrected chi connectivity index (χ1v) is 15.0. The summed E-state index contributed by atoms with van der Waals surface area (Å²) in [5, 5.41) is 22.3. The van der Waals surface area contributed by atoms with Gasteiger partial charge < -0.3 is 29.0 Å². The van der Waals surface area contributed by atoms with E-state index >= 15 is 0 Å². The lowest BCUT2D eigenvalue weighted by Crippen LogP contribution is -2.15. The highest BCUT2D eigenvalue weighted by molar-refractivity contribution is 5.97. The number of benzene rings is 4. The van der Waals surface area contributed by atoms with Crippen molar-refractivity contribution in [2.24, 2.45) is 7.05 Å². The molecule has 0 radical (unpaired) electrons. The lowest BCUT2D eigenvalue weighted by atomic mass is 9.97. The molecule has 0 aliphatic carbocycles. The highest BCUT2D eigenvalue weighted by Gasteiger charge is 2.30. The van der Waals surface area contributed by atoms with E-state index in [1.54, 1.807) is 0 Å². The number of aromatic nitrogens is 2. The number of rotatable bonds is 12. The Hall–Kier alpha value is -5.44. The Morgan fingerprint density at radius 1 is 0.739 bits per heavy atom. The van der Waals surface area contributed by atoms with Crippen LogP contribution in [0.1, 0.15) is 38.2 Å². The third kappa shape index (κ3) is 6.63. The summed E-state index contributed by atoms with van der Waals surface area (Å²) < 4.78 is 20.4. The number of carbonyl (C=O) groups is 1. The molecule has 0 unspecified atom stereocenters. The molecule has 0 amide bonds. The lowest BCUT2D eigenvalue weighted by Gasteiger charge is -2.21. The summed E-state index contributed by atoms with van der Waals surface area (Å²) >= 11 is 0. The molecular formula is C38H34N2O6. The molecule has 2 N–H and O–H groups in total. The van der Waals surface area contributed by atoms with Crippen LogP contribution in [-0.2, 0) is 44.8 Å². The van der Waals surface area contributed by atoms with Crippen LogP contribution in [0.2, 0.25) is 0 Å². The Bertz CT molecular complexity index is 1940. The molecule has 232 valence electrons. The van der Waals surface area contributed by atoms with Gasteiger partial charge in [0.1, 0.15) is 25.6 Å². The van der Waals surface area contributed by atoms with Crippen LogP contribution in [0.15, 0.2) is 115 Å². The van der Waals surface area contributed by atoms with E-state index in [2.05, 4.69) is 0 Å². The van der Waals surface area contributed by atoms with E-state index in [1.807, 2.05) is 127 Å². The first kappa shape index (κ1) is 30.6. The molecule has 46 heavy (non-hydrogen) atoms. The Morgan fingerprint density at radius 3 is 1.91 bits per heavy atom. The first-order chi connectivity index (χ1) is 22.6. The molecule has 4 aromatic carbocycles. The van der Waals surface area contributed by atoms with Crippen LogP contribution < -0.4 is 9.47 Å².